The molecule has 0 rings (SSSR count). The number of alkyl halides is 2. The van der Waals surface area contributed by atoms with E-state index in [0.717, 1.165) is 51.4 Å². The van der Waals surface area contributed by atoms with E-state index in [-0.39, 0.29) is 18.5 Å². The Hall–Kier alpha value is -0.480. The fourth-order valence-corrected chi connectivity index (χ4v) is 2.00. The molecule has 0 saturated carbocycles. The van der Waals surface area contributed by atoms with Crippen LogP contribution in [0.15, 0.2) is 0 Å². The van der Waals surface area contributed by atoms with E-state index in [1.165, 1.54) is 0 Å². The van der Waals surface area contributed by atoms with Crippen molar-refractivity contribution in [3.63, 3.8) is 0 Å². The lowest BCUT2D eigenvalue weighted by Gasteiger charge is -2.05. The number of ether oxygens (including phenoxy) is 2. The third-order valence-corrected chi connectivity index (χ3v) is 3.40. The van der Waals surface area contributed by atoms with Crippen molar-refractivity contribution in [1.29, 1.82) is 0 Å². The van der Waals surface area contributed by atoms with E-state index < -0.39 is 4.84 Å². The van der Waals surface area contributed by atoms with Crippen LogP contribution < -0.4 is 0 Å². The maximum atomic E-state index is 11.3. The van der Waals surface area contributed by atoms with E-state index in [1.54, 1.807) is 0 Å². The minimum atomic E-state index is -0.655. The maximum absolute atomic E-state index is 11.3. The molecule has 6 heteroatoms. The summed E-state index contributed by atoms with van der Waals surface area (Å²) in [6, 6.07) is 0. The van der Waals surface area contributed by atoms with Gasteiger partial charge in [-0.05, 0) is 19.3 Å². The van der Waals surface area contributed by atoms with Crippen molar-refractivity contribution in [1.82, 2.24) is 0 Å². The van der Waals surface area contributed by atoms with Crippen molar-refractivity contribution in [2.45, 2.75) is 76.0 Å². The summed E-state index contributed by atoms with van der Waals surface area (Å²) in [5.74, 6) is -0.339. The summed E-state index contributed by atoms with van der Waals surface area (Å²) >= 11 is 10.9. The minimum absolute atomic E-state index is 0.0519. The molecule has 0 unspecified atom stereocenters. The van der Waals surface area contributed by atoms with Gasteiger partial charge in [0.1, 0.15) is 11.4 Å². The summed E-state index contributed by atoms with van der Waals surface area (Å²) in [6.45, 7) is 2.66. The van der Waals surface area contributed by atoms with Crippen LogP contribution in [0.2, 0.25) is 0 Å². The molecule has 22 heavy (non-hydrogen) atoms. The average Bonchev–Trinajstić information content (AvgIpc) is 2.48. The standard InChI is InChI=1S/C16H28Cl2O4/c1-2-3-12-21-15(19)10-8-6-4-5-7-9-11-16(20)22-13-14(17)18/h14H,2-13H2,1H3. The quantitative estimate of drug-likeness (QED) is 0.255. The van der Waals surface area contributed by atoms with Crippen molar-refractivity contribution in [3.8, 4) is 0 Å². The van der Waals surface area contributed by atoms with Gasteiger partial charge in [-0.1, -0.05) is 39.0 Å². The lowest BCUT2D eigenvalue weighted by molar-refractivity contribution is -0.144. The Labute approximate surface area is 143 Å². The molecule has 0 aliphatic rings. The molecule has 0 saturated heterocycles. The van der Waals surface area contributed by atoms with Gasteiger partial charge in [0.25, 0.3) is 0 Å². The van der Waals surface area contributed by atoms with Gasteiger partial charge in [-0.3, -0.25) is 9.59 Å². The molecule has 0 aromatic carbocycles. The van der Waals surface area contributed by atoms with E-state index >= 15 is 0 Å². The van der Waals surface area contributed by atoms with Gasteiger partial charge in [0.2, 0.25) is 0 Å². The second-order valence-electron chi connectivity index (χ2n) is 5.27. The molecule has 0 radical (unpaired) electrons. The summed E-state index contributed by atoms with van der Waals surface area (Å²) < 4.78 is 9.95. The number of carbonyl (C=O) groups is 2. The topological polar surface area (TPSA) is 52.6 Å². The van der Waals surface area contributed by atoms with Crippen molar-refractivity contribution >= 4 is 35.1 Å². The van der Waals surface area contributed by atoms with Crippen molar-refractivity contribution in [2.24, 2.45) is 0 Å². The first-order valence-corrected chi connectivity index (χ1v) is 9.03. The zero-order chi connectivity index (χ0) is 16.6. The van der Waals surface area contributed by atoms with Crippen LogP contribution in [0.25, 0.3) is 0 Å². The molecule has 0 aliphatic carbocycles. The summed E-state index contributed by atoms with van der Waals surface area (Å²) in [4.78, 5) is 22.0. The number of hydrogen-bond donors (Lipinski definition) is 0. The monoisotopic (exact) mass is 354 g/mol. The first-order chi connectivity index (χ1) is 10.6. The minimum Gasteiger partial charge on any atom is -0.466 e. The number of unbranched alkanes of at least 4 members (excludes halogenated alkanes) is 6. The lowest BCUT2D eigenvalue weighted by atomic mass is 10.1. The molecule has 0 fully saturated rings. The fraction of sp³-hybridized carbons (Fsp3) is 0.875. The second-order valence-corrected chi connectivity index (χ2v) is 6.55. The Kier molecular flexibility index (Phi) is 15.1. The Morgan fingerprint density at radius 2 is 1.32 bits per heavy atom. The van der Waals surface area contributed by atoms with Gasteiger partial charge in [0.15, 0.2) is 0 Å². The van der Waals surface area contributed by atoms with Crippen molar-refractivity contribution in [2.75, 3.05) is 13.2 Å². The van der Waals surface area contributed by atoms with Crippen LogP contribution in [0.1, 0.15) is 71.1 Å². The molecular formula is C16H28Cl2O4. The molecule has 0 heterocycles. The van der Waals surface area contributed by atoms with E-state index in [1.807, 2.05) is 0 Å². The molecule has 0 aliphatic heterocycles. The second kappa shape index (κ2) is 15.4. The van der Waals surface area contributed by atoms with Crippen molar-refractivity contribution < 1.29 is 19.1 Å². The zero-order valence-electron chi connectivity index (χ0n) is 13.5. The van der Waals surface area contributed by atoms with Gasteiger partial charge >= 0.3 is 11.9 Å². The highest BCUT2D eigenvalue weighted by Crippen LogP contribution is 2.10. The molecule has 130 valence electrons. The molecule has 0 amide bonds. The highest BCUT2D eigenvalue weighted by atomic mass is 35.5. The fourth-order valence-electron chi connectivity index (χ4n) is 1.88. The Morgan fingerprint density at radius 1 is 0.818 bits per heavy atom. The van der Waals surface area contributed by atoms with Crippen LogP contribution in [0.4, 0.5) is 0 Å². The van der Waals surface area contributed by atoms with Gasteiger partial charge in [-0.15, -0.1) is 23.2 Å². The Balaban J connectivity index is 3.26. The van der Waals surface area contributed by atoms with Crippen LogP contribution in [-0.2, 0) is 19.1 Å². The summed E-state index contributed by atoms with van der Waals surface area (Å²) in [5.41, 5.74) is 0. The first-order valence-electron chi connectivity index (χ1n) is 8.15. The third-order valence-electron chi connectivity index (χ3n) is 3.14. The zero-order valence-corrected chi connectivity index (χ0v) is 15.0. The molecule has 0 spiro atoms. The van der Waals surface area contributed by atoms with Crippen LogP contribution in [-0.4, -0.2) is 30.0 Å². The summed E-state index contributed by atoms with van der Waals surface area (Å²) in [7, 11) is 0. The lowest BCUT2D eigenvalue weighted by Crippen LogP contribution is -2.09. The Bertz CT molecular complexity index is 296. The SMILES string of the molecule is CCCCOC(=O)CCCCCCCCC(=O)OCC(Cl)Cl. The predicted molar refractivity (Wildman–Crippen MR) is 89.3 cm³/mol. The number of rotatable bonds is 14. The number of halogens is 2. The Morgan fingerprint density at radius 3 is 1.82 bits per heavy atom. The predicted octanol–water partition coefficient (Wildman–Crippen LogP) is 4.80. The van der Waals surface area contributed by atoms with Gasteiger partial charge in [-0.25, -0.2) is 0 Å². The molecule has 0 aromatic rings. The van der Waals surface area contributed by atoms with Crippen LogP contribution in [0, 0.1) is 0 Å². The van der Waals surface area contributed by atoms with E-state index in [2.05, 4.69) is 6.92 Å². The van der Waals surface area contributed by atoms with Gasteiger partial charge in [0.05, 0.1) is 6.61 Å². The third kappa shape index (κ3) is 15.9. The highest BCUT2D eigenvalue weighted by Gasteiger charge is 2.06. The number of esters is 2. The molecule has 0 aromatic heterocycles. The van der Waals surface area contributed by atoms with Gasteiger partial charge in [-0.2, -0.15) is 0 Å². The summed E-state index contributed by atoms with van der Waals surface area (Å²) in [6.07, 6.45) is 8.72. The molecule has 0 atom stereocenters. The molecular weight excluding hydrogens is 327 g/mol. The maximum Gasteiger partial charge on any atom is 0.305 e. The van der Waals surface area contributed by atoms with Crippen molar-refractivity contribution in [3.05, 3.63) is 0 Å². The molecule has 0 N–H and O–H groups in total. The van der Waals surface area contributed by atoms with E-state index in [4.69, 9.17) is 32.7 Å². The summed E-state index contributed by atoms with van der Waals surface area (Å²) in [5, 5.41) is 0. The largest absolute Gasteiger partial charge is 0.466 e. The van der Waals surface area contributed by atoms with E-state index in [0.29, 0.717) is 19.4 Å². The smallest absolute Gasteiger partial charge is 0.305 e. The van der Waals surface area contributed by atoms with Gasteiger partial charge < -0.3 is 9.47 Å². The average molecular weight is 355 g/mol. The molecule has 0 bridgehead atoms. The molecule has 4 nitrogen and oxygen atoms in total. The number of hydrogen-bond acceptors (Lipinski definition) is 4. The normalized spacial score (nSPS) is 10.7. The van der Waals surface area contributed by atoms with Crippen LogP contribution >= 0.6 is 23.2 Å². The first kappa shape index (κ1) is 21.5. The van der Waals surface area contributed by atoms with Crippen LogP contribution in [0.5, 0.6) is 0 Å². The highest BCUT2D eigenvalue weighted by molar-refractivity contribution is 6.44. The number of carbonyl (C=O) groups excluding carboxylic acids is 2. The van der Waals surface area contributed by atoms with Crippen LogP contribution in [0.3, 0.4) is 0 Å². The van der Waals surface area contributed by atoms with Gasteiger partial charge in [0, 0.05) is 12.8 Å². The van der Waals surface area contributed by atoms with E-state index in [9.17, 15) is 9.59 Å².